The van der Waals surface area contributed by atoms with E-state index in [9.17, 15) is 4.79 Å². The first-order valence-electron chi connectivity index (χ1n) is 6.30. The van der Waals surface area contributed by atoms with Crippen LogP contribution in [0.15, 0.2) is 24.3 Å². The molecule has 0 heterocycles. The van der Waals surface area contributed by atoms with Crippen molar-refractivity contribution in [1.29, 1.82) is 0 Å². The maximum atomic E-state index is 11.0. The predicted octanol–water partition coefficient (Wildman–Crippen LogP) is 1.47. The van der Waals surface area contributed by atoms with Crippen LogP contribution in [0, 0.1) is 5.92 Å². The number of hydrogen-bond donors (Lipinski definition) is 2. The number of primary amides is 1. The minimum absolute atomic E-state index is 0.128. The van der Waals surface area contributed by atoms with Crippen molar-refractivity contribution in [3.63, 3.8) is 0 Å². The van der Waals surface area contributed by atoms with Crippen LogP contribution in [0.3, 0.4) is 0 Å². The van der Waals surface area contributed by atoms with Gasteiger partial charge in [0.25, 0.3) is 0 Å². The highest BCUT2D eigenvalue weighted by molar-refractivity contribution is 5.76. The van der Waals surface area contributed by atoms with Crippen molar-refractivity contribution in [1.82, 2.24) is 0 Å². The molecule has 0 spiro atoms. The average molecular weight is 250 g/mol. The summed E-state index contributed by atoms with van der Waals surface area (Å²) in [5.74, 6) is 0.144. The normalized spacial score (nSPS) is 13.9. The molecular weight excluding hydrogens is 228 g/mol. The van der Waals surface area contributed by atoms with Crippen molar-refractivity contribution < 1.29 is 9.53 Å². The number of para-hydroxylation sites is 1. The number of rotatable bonds is 7. The Labute approximate surface area is 108 Å². The molecule has 4 nitrogen and oxygen atoms in total. The molecule has 100 valence electrons. The van der Waals surface area contributed by atoms with E-state index in [1.807, 2.05) is 24.3 Å². The van der Waals surface area contributed by atoms with Crippen LogP contribution >= 0.6 is 0 Å². The second-order valence-corrected chi connectivity index (χ2v) is 4.59. The Kier molecular flexibility index (Phi) is 5.65. The molecular formula is C14H22N2O2. The second kappa shape index (κ2) is 7.01. The number of nitrogens with two attached hydrogens (primary N) is 2. The van der Waals surface area contributed by atoms with Crippen LogP contribution < -0.4 is 16.2 Å². The molecule has 1 amide bonds. The molecule has 0 radical (unpaired) electrons. The fourth-order valence-corrected chi connectivity index (χ4v) is 1.54. The summed E-state index contributed by atoms with van der Waals surface area (Å²) in [6.07, 6.45) is 1.70. The summed E-state index contributed by atoms with van der Waals surface area (Å²) in [6, 6.07) is 7.89. The SMILES string of the molecule is CCC(N)Cc1ccccc1OCC(C)C(N)=O. The van der Waals surface area contributed by atoms with E-state index in [0.29, 0.717) is 6.61 Å². The number of amides is 1. The van der Waals surface area contributed by atoms with Gasteiger partial charge in [-0.25, -0.2) is 0 Å². The van der Waals surface area contributed by atoms with Gasteiger partial charge in [0.05, 0.1) is 12.5 Å². The van der Waals surface area contributed by atoms with Crippen LogP contribution in [0.25, 0.3) is 0 Å². The van der Waals surface area contributed by atoms with Crippen LogP contribution in [0.2, 0.25) is 0 Å². The minimum atomic E-state index is -0.349. The van der Waals surface area contributed by atoms with E-state index in [-0.39, 0.29) is 17.9 Å². The van der Waals surface area contributed by atoms with Crippen LogP contribution in [0.4, 0.5) is 0 Å². The molecule has 0 saturated heterocycles. The van der Waals surface area contributed by atoms with E-state index in [2.05, 4.69) is 6.92 Å². The van der Waals surface area contributed by atoms with Gasteiger partial charge in [-0.15, -0.1) is 0 Å². The van der Waals surface area contributed by atoms with Crippen LogP contribution in [0.1, 0.15) is 25.8 Å². The first-order valence-corrected chi connectivity index (χ1v) is 6.30. The zero-order valence-electron chi connectivity index (χ0n) is 11.1. The Morgan fingerprint density at radius 3 is 2.67 bits per heavy atom. The highest BCUT2D eigenvalue weighted by Crippen LogP contribution is 2.20. The topological polar surface area (TPSA) is 78.3 Å². The van der Waals surface area contributed by atoms with Crippen molar-refractivity contribution in [3.8, 4) is 5.75 Å². The molecule has 1 rings (SSSR count). The fourth-order valence-electron chi connectivity index (χ4n) is 1.54. The molecule has 1 aromatic carbocycles. The van der Waals surface area contributed by atoms with Crippen LogP contribution in [0.5, 0.6) is 5.75 Å². The largest absolute Gasteiger partial charge is 0.492 e. The average Bonchev–Trinajstić information content (AvgIpc) is 2.37. The summed E-state index contributed by atoms with van der Waals surface area (Å²) in [5.41, 5.74) is 12.2. The lowest BCUT2D eigenvalue weighted by atomic mass is 10.0. The Bertz CT molecular complexity index is 393. The van der Waals surface area contributed by atoms with E-state index in [1.54, 1.807) is 6.92 Å². The minimum Gasteiger partial charge on any atom is -0.492 e. The number of hydrogen-bond acceptors (Lipinski definition) is 3. The van der Waals surface area contributed by atoms with Gasteiger partial charge in [0.1, 0.15) is 5.75 Å². The number of carbonyl (C=O) groups is 1. The monoisotopic (exact) mass is 250 g/mol. The van der Waals surface area contributed by atoms with Crippen LogP contribution in [-0.4, -0.2) is 18.6 Å². The maximum absolute atomic E-state index is 11.0. The van der Waals surface area contributed by atoms with Gasteiger partial charge in [-0.3, -0.25) is 4.79 Å². The predicted molar refractivity (Wildman–Crippen MR) is 72.3 cm³/mol. The third-order valence-corrected chi connectivity index (χ3v) is 2.95. The molecule has 2 atom stereocenters. The molecule has 1 aromatic rings. The number of carbonyl (C=O) groups excluding carboxylic acids is 1. The standard InChI is InChI=1S/C14H22N2O2/c1-3-12(15)8-11-6-4-5-7-13(11)18-9-10(2)14(16)17/h4-7,10,12H,3,8-9,15H2,1-2H3,(H2,16,17). The van der Waals surface area contributed by atoms with Crippen molar-refractivity contribution in [3.05, 3.63) is 29.8 Å². The first-order chi connectivity index (χ1) is 8.54. The van der Waals surface area contributed by atoms with Gasteiger partial charge >= 0.3 is 0 Å². The van der Waals surface area contributed by atoms with E-state index >= 15 is 0 Å². The summed E-state index contributed by atoms with van der Waals surface area (Å²) in [5, 5.41) is 0. The molecule has 0 aromatic heterocycles. The van der Waals surface area contributed by atoms with Gasteiger partial charge in [-0.1, -0.05) is 32.0 Å². The third-order valence-electron chi connectivity index (χ3n) is 2.95. The Morgan fingerprint density at radius 1 is 1.39 bits per heavy atom. The van der Waals surface area contributed by atoms with Gasteiger partial charge in [0.15, 0.2) is 0 Å². The van der Waals surface area contributed by atoms with Gasteiger partial charge in [-0.05, 0) is 24.5 Å². The molecule has 0 aliphatic rings. The second-order valence-electron chi connectivity index (χ2n) is 4.59. The Balaban J connectivity index is 2.67. The molecule has 4 N–H and O–H groups in total. The molecule has 0 aliphatic heterocycles. The van der Waals surface area contributed by atoms with Crippen molar-refractivity contribution in [2.45, 2.75) is 32.7 Å². The van der Waals surface area contributed by atoms with E-state index in [0.717, 1.165) is 24.2 Å². The Hall–Kier alpha value is -1.55. The van der Waals surface area contributed by atoms with Crippen LogP contribution in [-0.2, 0) is 11.2 Å². The highest BCUT2D eigenvalue weighted by Gasteiger charge is 2.12. The zero-order valence-corrected chi connectivity index (χ0v) is 11.1. The molecule has 0 saturated carbocycles. The van der Waals surface area contributed by atoms with Gasteiger partial charge in [0.2, 0.25) is 5.91 Å². The Morgan fingerprint density at radius 2 is 2.06 bits per heavy atom. The molecule has 2 unspecified atom stereocenters. The first kappa shape index (κ1) is 14.5. The quantitative estimate of drug-likeness (QED) is 0.769. The van der Waals surface area contributed by atoms with E-state index in [1.165, 1.54) is 0 Å². The maximum Gasteiger partial charge on any atom is 0.223 e. The number of ether oxygens (including phenoxy) is 1. The third kappa shape index (κ3) is 4.37. The van der Waals surface area contributed by atoms with Gasteiger partial charge < -0.3 is 16.2 Å². The van der Waals surface area contributed by atoms with Crippen molar-refractivity contribution in [2.75, 3.05) is 6.61 Å². The molecule has 4 heteroatoms. The zero-order chi connectivity index (χ0) is 13.5. The molecule has 0 fully saturated rings. The van der Waals surface area contributed by atoms with E-state index < -0.39 is 0 Å². The fraction of sp³-hybridized carbons (Fsp3) is 0.500. The molecule has 18 heavy (non-hydrogen) atoms. The molecule has 0 bridgehead atoms. The summed E-state index contributed by atoms with van der Waals surface area (Å²) >= 11 is 0. The lowest BCUT2D eigenvalue weighted by Gasteiger charge is -2.15. The lowest BCUT2D eigenvalue weighted by Crippen LogP contribution is -2.26. The van der Waals surface area contributed by atoms with Crippen molar-refractivity contribution >= 4 is 5.91 Å². The van der Waals surface area contributed by atoms with Crippen molar-refractivity contribution in [2.24, 2.45) is 17.4 Å². The number of benzene rings is 1. The highest BCUT2D eigenvalue weighted by atomic mass is 16.5. The summed E-state index contributed by atoms with van der Waals surface area (Å²) < 4.78 is 5.65. The van der Waals surface area contributed by atoms with Gasteiger partial charge in [-0.2, -0.15) is 0 Å². The van der Waals surface area contributed by atoms with Gasteiger partial charge in [0, 0.05) is 6.04 Å². The summed E-state index contributed by atoms with van der Waals surface area (Å²) in [7, 11) is 0. The molecule has 0 aliphatic carbocycles. The van der Waals surface area contributed by atoms with E-state index in [4.69, 9.17) is 16.2 Å². The smallest absolute Gasteiger partial charge is 0.223 e. The summed E-state index contributed by atoms with van der Waals surface area (Å²) in [6.45, 7) is 4.11. The lowest BCUT2D eigenvalue weighted by molar-refractivity contribution is -0.122. The summed E-state index contributed by atoms with van der Waals surface area (Å²) in [4.78, 5) is 11.0.